The molecule has 0 aromatic heterocycles. The van der Waals surface area contributed by atoms with E-state index in [9.17, 15) is 9.26 Å². The molecule has 4 heteroatoms. The van der Waals surface area contributed by atoms with Gasteiger partial charge in [0.05, 0.1) is 0 Å². The highest BCUT2D eigenvalue weighted by Gasteiger charge is 2.00. The smallest absolute Gasteiger partial charge is 0.273 e. The summed E-state index contributed by atoms with van der Waals surface area (Å²) in [5.74, 6) is -0.120. The lowest BCUT2D eigenvalue weighted by Crippen LogP contribution is -2.24. The molecular weight excluding hydrogens is 170 g/mol. The summed E-state index contributed by atoms with van der Waals surface area (Å²) in [5.41, 5.74) is 0.513. The molecule has 0 aromatic carbocycles. The van der Waals surface area contributed by atoms with Crippen LogP contribution in [0.4, 0.5) is 0 Å². The summed E-state index contributed by atoms with van der Waals surface area (Å²) >= 11 is 0. The van der Waals surface area contributed by atoms with E-state index in [2.05, 4.69) is 11.9 Å². The Hall–Kier alpha value is -0.773. The van der Waals surface area contributed by atoms with Gasteiger partial charge in [-0.05, 0) is 25.9 Å². The molecule has 0 heterocycles. The number of hydrogen-bond acceptors (Lipinski definition) is 2. The second-order valence-electron chi connectivity index (χ2n) is 2.84. The molecule has 12 heavy (non-hydrogen) atoms. The number of amides is 1. The molecule has 68 valence electrons. The number of rotatable bonds is 5. The van der Waals surface area contributed by atoms with Crippen molar-refractivity contribution in [1.82, 2.24) is 5.32 Å². The maximum Gasteiger partial charge on any atom is 0.273 e. The third-order valence-electron chi connectivity index (χ3n) is 1.38. The summed E-state index contributed by atoms with van der Waals surface area (Å²) in [6, 6.07) is 0.709. The van der Waals surface area contributed by atoms with Crippen LogP contribution in [0.25, 0.3) is 0 Å². The van der Waals surface area contributed by atoms with E-state index in [-0.39, 0.29) is 5.91 Å². The van der Waals surface area contributed by atoms with Crippen LogP contribution in [0.1, 0.15) is 13.3 Å². The van der Waals surface area contributed by atoms with Crippen molar-refractivity contribution in [3.8, 4) is 0 Å². The maximum absolute atomic E-state index is 10.9. The molecule has 0 saturated heterocycles. The SMILES string of the molecule is C=C(C)C(=O)NCCC[Si](C)=O. The van der Waals surface area contributed by atoms with E-state index in [1.165, 1.54) is 0 Å². The minimum absolute atomic E-state index is 0.120. The van der Waals surface area contributed by atoms with Gasteiger partial charge in [0.1, 0.15) is 0 Å². The van der Waals surface area contributed by atoms with E-state index in [0.717, 1.165) is 6.42 Å². The van der Waals surface area contributed by atoms with Crippen LogP contribution in [0.15, 0.2) is 12.2 Å². The number of hydrogen-bond donors (Lipinski definition) is 1. The molecule has 0 radical (unpaired) electrons. The first-order valence-electron chi connectivity index (χ1n) is 3.97. The fourth-order valence-corrected chi connectivity index (χ4v) is 1.36. The zero-order chi connectivity index (χ0) is 9.56. The van der Waals surface area contributed by atoms with E-state index in [1.807, 2.05) is 0 Å². The molecule has 0 spiro atoms. The number of carbonyl (C=O) groups is 1. The minimum atomic E-state index is -1.38. The van der Waals surface area contributed by atoms with Crippen molar-refractivity contribution in [2.24, 2.45) is 0 Å². The lowest BCUT2D eigenvalue weighted by atomic mass is 10.3. The first-order valence-corrected chi connectivity index (χ1v) is 6.08. The second-order valence-corrected chi connectivity index (χ2v) is 4.75. The molecule has 1 amide bonds. The minimum Gasteiger partial charge on any atom is -0.389 e. The third kappa shape index (κ3) is 5.97. The lowest BCUT2D eigenvalue weighted by molar-refractivity contribution is -0.117. The van der Waals surface area contributed by atoms with E-state index in [0.29, 0.717) is 18.2 Å². The summed E-state index contributed by atoms with van der Waals surface area (Å²) in [6.07, 6.45) is 0.785. The van der Waals surface area contributed by atoms with Crippen molar-refractivity contribution in [2.75, 3.05) is 6.54 Å². The highest BCUT2D eigenvalue weighted by Crippen LogP contribution is 1.90. The Morgan fingerprint density at radius 1 is 1.58 bits per heavy atom. The summed E-state index contributed by atoms with van der Waals surface area (Å²) in [5, 5.41) is 2.68. The van der Waals surface area contributed by atoms with E-state index in [1.54, 1.807) is 13.5 Å². The Morgan fingerprint density at radius 3 is 2.58 bits per heavy atom. The molecule has 0 aliphatic heterocycles. The van der Waals surface area contributed by atoms with E-state index in [4.69, 9.17) is 0 Å². The average Bonchev–Trinajstić information content (AvgIpc) is 1.97. The van der Waals surface area contributed by atoms with Crippen molar-refractivity contribution in [2.45, 2.75) is 25.9 Å². The van der Waals surface area contributed by atoms with Gasteiger partial charge in [-0.15, -0.1) is 0 Å². The fourth-order valence-electron chi connectivity index (χ4n) is 0.690. The largest absolute Gasteiger partial charge is 0.389 e. The first-order chi connectivity index (χ1) is 5.54. The van der Waals surface area contributed by atoms with Crippen LogP contribution in [0, 0.1) is 0 Å². The quantitative estimate of drug-likeness (QED) is 0.396. The van der Waals surface area contributed by atoms with Crippen LogP contribution in [0.3, 0.4) is 0 Å². The summed E-state index contributed by atoms with van der Waals surface area (Å²) < 4.78 is 10.7. The predicted molar refractivity (Wildman–Crippen MR) is 49.6 cm³/mol. The van der Waals surface area contributed by atoms with Crippen molar-refractivity contribution in [3.63, 3.8) is 0 Å². The van der Waals surface area contributed by atoms with Gasteiger partial charge < -0.3 is 9.78 Å². The van der Waals surface area contributed by atoms with Crippen molar-refractivity contribution in [1.29, 1.82) is 0 Å². The molecule has 0 saturated carbocycles. The van der Waals surface area contributed by atoms with Crippen molar-refractivity contribution >= 4 is 14.6 Å². The molecule has 3 nitrogen and oxygen atoms in total. The molecule has 0 aliphatic rings. The Morgan fingerprint density at radius 2 is 2.17 bits per heavy atom. The van der Waals surface area contributed by atoms with Crippen LogP contribution < -0.4 is 5.32 Å². The Labute approximate surface area is 74.5 Å². The first kappa shape index (κ1) is 11.2. The van der Waals surface area contributed by atoms with Crippen LogP contribution in [0.2, 0.25) is 12.6 Å². The molecule has 0 aliphatic carbocycles. The molecule has 0 atom stereocenters. The van der Waals surface area contributed by atoms with Crippen LogP contribution >= 0.6 is 0 Å². The standard InChI is InChI=1S/C8H15NO2Si/c1-7(2)8(10)9-5-4-6-12(3)11/h1,4-6H2,2-3H3,(H,9,10). The van der Waals surface area contributed by atoms with Gasteiger partial charge in [0.15, 0.2) is 0 Å². The van der Waals surface area contributed by atoms with Gasteiger partial charge in [-0.2, -0.15) is 0 Å². The Balaban J connectivity index is 3.38. The molecule has 0 bridgehead atoms. The molecule has 0 unspecified atom stereocenters. The molecular formula is C8H15NO2Si. The van der Waals surface area contributed by atoms with E-state index >= 15 is 0 Å². The topological polar surface area (TPSA) is 46.2 Å². The normalized spacial score (nSPS) is 9.17. The van der Waals surface area contributed by atoms with Gasteiger partial charge in [0, 0.05) is 12.1 Å². The second kappa shape index (κ2) is 5.82. The zero-order valence-electron chi connectivity index (χ0n) is 7.64. The maximum atomic E-state index is 10.9. The van der Waals surface area contributed by atoms with Crippen LogP contribution in [-0.4, -0.2) is 21.1 Å². The zero-order valence-corrected chi connectivity index (χ0v) is 8.64. The number of carbonyl (C=O) groups excluding carboxylic acids is 1. The average molecular weight is 185 g/mol. The highest BCUT2D eigenvalue weighted by molar-refractivity contribution is 6.40. The lowest BCUT2D eigenvalue weighted by Gasteiger charge is -2.02. The van der Waals surface area contributed by atoms with E-state index < -0.39 is 8.68 Å². The highest BCUT2D eigenvalue weighted by atomic mass is 28.3. The van der Waals surface area contributed by atoms with Crippen LogP contribution in [-0.2, 0) is 9.26 Å². The van der Waals surface area contributed by atoms with Gasteiger partial charge in [-0.1, -0.05) is 6.58 Å². The van der Waals surface area contributed by atoms with Crippen LogP contribution in [0.5, 0.6) is 0 Å². The fraction of sp³-hybridized carbons (Fsp3) is 0.625. The molecule has 0 rings (SSSR count). The summed E-state index contributed by atoms with van der Waals surface area (Å²) in [6.45, 7) is 7.49. The Bertz CT molecular complexity index is 201. The van der Waals surface area contributed by atoms with Crippen molar-refractivity contribution in [3.05, 3.63) is 12.2 Å². The predicted octanol–water partition coefficient (Wildman–Crippen LogP) is 1.12. The van der Waals surface area contributed by atoms with Crippen molar-refractivity contribution < 1.29 is 9.26 Å². The molecule has 1 N–H and O–H groups in total. The summed E-state index contributed by atoms with van der Waals surface area (Å²) in [7, 11) is -1.38. The Kier molecular flexibility index (Phi) is 5.45. The number of nitrogens with one attached hydrogen (secondary N) is 1. The monoisotopic (exact) mass is 185 g/mol. The van der Waals surface area contributed by atoms with Gasteiger partial charge >= 0.3 is 0 Å². The molecule has 0 fully saturated rings. The third-order valence-corrected chi connectivity index (χ3v) is 2.44. The summed E-state index contributed by atoms with van der Waals surface area (Å²) in [4.78, 5) is 10.9. The van der Waals surface area contributed by atoms with Gasteiger partial charge in [-0.25, -0.2) is 0 Å². The van der Waals surface area contributed by atoms with Gasteiger partial charge in [0.2, 0.25) is 5.91 Å². The van der Waals surface area contributed by atoms with Gasteiger partial charge in [-0.3, -0.25) is 4.79 Å². The van der Waals surface area contributed by atoms with Gasteiger partial charge in [0.25, 0.3) is 8.68 Å². The molecule has 0 aromatic rings.